The molecule has 2 rings (SSSR count). The minimum absolute atomic E-state index is 0.0736. The average molecular weight is 229 g/mol. The molecule has 0 amide bonds. The van der Waals surface area contributed by atoms with E-state index in [2.05, 4.69) is 0 Å². The predicted molar refractivity (Wildman–Crippen MR) is 66.8 cm³/mol. The van der Waals surface area contributed by atoms with Crippen LogP contribution in [0.25, 0.3) is 0 Å². The highest BCUT2D eigenvalue weighted by atomic mass is 28.2. The lowest BCUT2D eigenvalue weighted by molar-refractivity contribution is 0.450. The molecule has 0 N–H and O–H groups in total. The Morgan fingerprint density at radius 3 is 2.06 bits per heavy atom. The van der Waals surface area contributed by atoms with Crippen molar-refractivity contribution in [3.63, 3.8) is 0 Å². The van der Waals surface area contributed by atoms with Crippen LogP contribution in [0.4, 0.5) is 0 Å². The minimum atomic E-state index is -0.0736. The summed E-state index contributed by atoms with van der Waals surface area (Å²) < 4.78 is 10.8. The van der Waals surface area contributed by atoms with E-state index in [1.54, 1.807) is 7.11 Å². The van der Waals surface area contributed by atoms with Crippen molar-refractivity contribution in [1.82, 2.24) is 0 Å². The molecule has 0 aliphatic rings. The molecule has 0 atom stereocenters. The van der Waals surface area contributed by atoms with Crippen molar-refractivity contribution in [3.8, 4) is 11.5 Å². The number of para-hydroxylation sites is 1. The second kappa shape index (κ2) is 5.49. The molecule has 2 aromatic carbocycles. The lowest BCUT2D eigenvalue weighted by Gasteiger charge is -2.04. The molecule has 16 heavy (non-hydrogen) atoms. The highest BCUT2D eigenvalue weighted by Gasteiger charge is 2.06. The molecule has 80 valence electrons. The van der Waals surface area contributed by atoms with Gasteiger partial charge in [0.1, 0.15) is 16.7 Å². The van der Waals surface area contributed by atoms with Crippen LogP contribution in [0.2, 0.25) is 0 Å². The molecule has 0 aliphatic heterocycles. The first-order valence-corrected chi connectivity index (χ1v) is 6.12. The summed E-state index contributed by atoms with van der Waals surface area (Å²) in [6.45, 7) is 0. The molecule has 0 radical (unpaired) electrons. The lowest BCUT2D eigenvalue weighted by atomic mass is 10.3. The number of hydrogen-bond donors (Lipinski definition) is 0. The zero-order valence-corrected chi connectivity index (χ0v) is 10.2. The first-order chi connectivity index (χ1) is 7.88. The number of ether oxygens (including phenoxy) is 1. The van der Waals surface area contributed by atoms with Gasteiger partial charge in [0.15, 0.2) is 0 Å². The first-order valence-electron chi connectivity index (χ1n) is 5.07. The van der Waals surface area contributed by atoms with Gasteiger partial charge in [-0.1, -0.05) is 18.2 Å². The molecule has 0 saturated heterocycles. The van der Waals surface area contributed by atoms with Crippen LogP contribution < -0.4 is 9.92 Å². The minimum Gasteiger partial charge on any atom is -0.457 e. The van der Waals surface area contributed by atoms with Gasteiger partial charge in [0.05, 0.1) is 7.11 Å². The van der Waals surface area contributed by atoms with Gasteiger partial charge in [-0.25, -0.2) is 4.43 Å². The Bertz CT molecular complexity index is 425. The smallest absolute Gasteiger partial charge is 0.457 e. The molecule has 0 spiro atoms. The molecule has 0 heterocycles. The largest absolute Gasteiger partial charge is 0.495 e. The van der Waals surface area contributed by atoms with E-state index in [4.69, 9.17) is 9.16 Å². The average Bonchev–Trinajstić information content (AvgIpc) is 2.33. The first kappa shape index (κ1) is 10.9. The molecule has 2 nitrogen and oxygen atoms in total. The number of hydrogen-bond acceptors (Lipinski definition) is 2. The predicted octanol–water partition coefficient (Wildman–Crippen LogP) is 2.10. The van der Waals surface area contributed by atoms with Crippen LogP contribution in [0.1, 0.15) is 0 Å². The van der Waals surface area contributed by atoms with Gasteiger partial charge < -0.3 is 4.74 Å². The van der Waals surface area contributed by atoms with Gasteiger partial charge in [0, 0.05) is 0 Å². The van der Waals surface area contributed by atoms with Crippen molar-refractivity contribution < 1.29 is 9.16 Å². The Morgan fingerprint density at radius 1 is 0.812 bits per heavy atom. The standard InChI is InChI=1S/C13H13O2Si/c1-14-16-13-9-7-12(8-10-13)15-11-5-3-2-4-6-11/h2-10,16H,1H3/q+1. The van der Waals surface area contributed by atoms with Gasteiger partial charge in [0.2, 0.25) is 0 Å². The fourth-order valence-electron chi connectivity index (χ4n) is 1.38. The van der Waals surface area contributed by atoms with E-state index in [0.29, 0.717) is 0 Å². The van der Waals surface area contributed by atoms with Gasteiger partial charge in [0.25, 0.3) is 0 Å². The molecular weight excluding hydrogens is 216 g/mol. The summed E-state index contributed by atoms with van der Waals surface area (Å²) in [6.07, 6.45) is 0. The van der Waals surface area contributed by atoms with Crippen molar-refractivity contribution in [2.75, 3.05) is 7.11 Å². The molecule has 3 heteroatoms. The van der Waals surface area contributed by atoms with E-state index in [1.165, 1.54) is 5.19 Å². The maximum atomic E-state index is 5.68. The fraction of sp³-hybridized carbons (Fsp3) is 0.0769. The molecule has 2 aromatic rings. The van der Waals surface area contributed by atoms with Crippen LogP contribution in [0, 0.1) is 0 Å². The van der Waals surface area contributed by atoms with Crippen LogP contribution in [-0.4, -0.2) is 16.9 Å². The number of rotatable bonds is 4. The molecule has 0 unspecified atom stereocenters. The summed E-state index contributed by atoms with van der Waals surface area (Å²) >= 11 is 0. The van der Waals surface area contributed by atoms with Gasteiger partial charge in [-0.15, -0.1) is 0 Å². The van der Waals surface area contributed by atoms with Crippen molar-refractivity contribution >= 4 is 14.9 Å². The van der Waals surface area contributed by atoms with Crippen molar-refractivity contribution in [1.29, 1.82) is 0 Å². The third kappa shape index (κ3) is 2.95. The summed E-state index contributed by atoms with van der Waals surface area (Å²) in [6, 6.07) is 17.8. The van der Waals surface area contributed by atoms with Crippen molar-refractivity contribution in [2.24, 2.45) is 0 Å². The van der Waals surface area contributed by atoms with E-state index in [0.717, 1.165) is 11.5 Å². The summed E-state index contributed by atoms with van der Waals surface area (Å²) in [4.78, 5) is 0. The monoisotopic (exact) mass is 229 g/mol. The molecule has 0 saturated carbocycles. The summed E-state index contributed by atoms with van der Waals surface area (Å²) in [5.41, 5.74) is 0. The van der Waals surface area contributed by atoms with Crippen LogP contribution in [0.5, 0.6) is 11.5 Å². The fourth-order valence-corrected chi connectivity index (χ4v) is 2.00. The molecule has 0 bridgehead atoms. The van der Waals surface area contributed by atoms with Crippen LogP contribution in [-0.2, 0) is 4.43 Å². The summed E-state index contributed by atoms with van der Waals surface area (Å²) in [5, 5.41) is 1.22. The van der Waals surface area contributed by atoms with E-state index in [9.17, 15) is 0 Å². The third-order valence-electron chi connectivity index (χ3n) is 2.11. The molecule has 0 fully saturated rings. The van der Waals surface area contributed by atoms with Crippen LogP contribution in [0.15, 0.2) is 54.6 Å². The van der Waals surface area contributed by atoms with E-state index in [-0.39, 0.29) is 9.76 Å². The van der Waals surface area contributed by atoms with Crippen LogP contribution in [0.3, 0.4) is 0 Å². The van der Waals surface area contributed by atoms with Crippen molar-refractivity contribution in [2.45, 2.75) is 0 Å². The summed E-state index contributed by atoms with van der Waals surface area (Å²) in [7, 11) is 1.65. The highest BCUT2D eigenvalue weighted by molar-refractivity contribution is 6.46. The summed E-state index contributed by atoms with van der Waals surface area (Å²) in [5.74, 6) is 1.71. The third-order valence-corrected chi connectivity index (χ3v) is 3.01. The maximum absolute atomic E-state index is 5.68. The second-order valence-corrected chi connectivity index (χ2v) is 4.71. The van der Waals surface area contributed by atoms with Gasteiger partial charge in [-0.05, 0) is 36.4 Å². The number of benzene rings is 2. The Morgan fingerprint density at radius 2 is 1.44 bits per heavy atom. The molecule has 0 aromatic heterocycles. The Kier molecular flexibility index (Phi) is 3.74. The zero-order chi connectivity index (χ0) is 11.2. The van der Waals surface area contributed by atoms with Crippen molar-refractivity contribution in [3.05, 3.63) is 54.6 Å². The van der Waals surface area contributed by atoms with E-state index < -0.39 is 0 Å². The van der Waals surface area contributed by atoms with Gasteiger partial charge in [-0.2, -0.15) is 0 Å². The maximum Gasteiger partial charge on any atom is 0.495 e. The normalized spacial score (nSPS) is 9.81. The zero-order valence-electron chi connectivity index (χ0n) is 9.09. The topological polar surface area (TPSA) is 18.5 Å². The Hall–Kier alpha value is -1.58. The lowest BCUT2D eigenvalue weighted by Crippen LogP contribution is -2.14. The SMILES string of the molecule is CO[SiH+]c1ccc(Oc2ccccc2)cc1. The van der Waals surface area contributed by atoms with Gasteiger partial charge >= 0.3 is 9.76 Å². The van der Waals surface area contributed by atoms with Gasteiger partial charge in [-0.3, -0.25) is 0 Å². The second-order valence-electron chi connectivity index (χ2n) is 3.34. The Labute approximate surface area is 97.8 Å². The molecular formula is C13H13O2Si+. The highest BCUT2D eigenvalue weighted by Crippen LogP contribution is 2.19. The van der Waals surface area contributed by atoms with E-state index >= 15 is 0 Å². The quantitative estimate of drug-likeness (QED) is 0.748. The van der Waals surface area contributed by atoms with E-state index in [1.807, 2.05) is 54.6 Å². The molecule has 0 aliphatic carbocycles. The van der Waals surface area contributed by atoms with Crippen LogP contribution >= 0.6 is 0 Å². The Balaban J connectivity index is 2.05.